The topological polar surface area (TPSA) is 74.8 Å². The van der Waals surface area contributed by atoms with Crippen molar-refractivity contribution in [2.75, 3.05) is 13.1 Å². The number of imide groups is 2. The fourth-order valence-electron chi connectivity index (χ4n) is 4.46. The lowest BCUT2D eigenvalue weighted by atomic mass is 9.93. The molecule has 0 aliphatic carbocycles. The monoisotopic (exact) mass is 440 g/mol. The predicted octanol–water partition coefficient (Wildman–Crippen LogP) is 5.25. The highest BCUT2D eigenvalue weighted by Gasteiger charge is 2.41. The van der Waals surface area contributed by atoms with Gasteiger partial charge in [0.2, 0.25) is 0 Å². The van der Waals surface area contributed by atoms with Gasteiger partial charge in [-0.1, -0.05) is 52.4 Å². The van der Waals surface area contributed by atoms with Crippen LogP contribution in [0, 0.1) is 0 Å². The second kappa shape index (κ2) is 8.91. The number of thiophene rings is 1. The maximum Gasteiger partial charge on any atom is 0.271 e. The molecule has 1 aromatic carbocycles. The number of rotatable bonds is 10. The van der Waals surface area contributed by atoms with E-state index in [0.717, 1.165) is 62.7 Å². The molecule has 3 heterocycles. The SMILES string of the molecule is CCCCCCN1C(=O)c2ccc3c4c(sc(c24)C1=O)C(=O)N(CCCCCC)C3=O. The molecule has 4 amide bonds. The van der Waals surface area contributed by atoms with E-state index in [1.54, 1.807) is 12.1 Å². The van der Waals surface area contributed by atoms with Crippen molar-refractivity contribution in [3.8, 4) is 0 Å². The molecule has 0 unspecified atom stereocenters. The maximum atomic E-state index is 13.2. The van der Waals surface area contributed by atoms with Crippen LogP contribution >= 0.6 is 11.3 Å². The first kappa shape index (κ1) is 21.7. The summed E-state index contributed by atoms with van der Waals surface area (Å²) in [6.45, 7) is 4.98. The van der Waals surface area contributed by atoms with E-state index < -0.39 is 0 Å². The van der Waals surface area contributed by atoms with Gasteiger partial charge in [0.1, 0.15) is 9.75 Å². The first-order chi connectivity index (χ1) is 15.0. The molecule has 2 aromatic rings. The predicted molar refractivity (Wildman–Crippen MR) is 121 cm³/mol. The third-order valence-corrected chi connectivity index (χ3v) is 7.33. The van der Waals surface area contributed by atoms with Crippen molar-refractivity contribution in [2.45, 2.75) is 65.2 Å². The molecule has 1 aromatic heterocycles. The van der Waals surface area contributed by atoms with Gasteiger partial charge in [0.05, 0.1) is 0 Å². The van der Waals surface area contributed by atoms with E-state index >= 15 is 0 Å². The van der Waals surface area contributed by atoms with E-state index in [1.165, 1.54) is 9.80 Å². The van der Waals surface area contributed by atoms with Gasteiger partial charge in [-0.15, -0.1) is 11.3 Å². The summed E-state index contributed by atoms with van der Waals surface area (Å²) in [5.41, 5.74) is 0.840. The highest BCUT2D eigenvalue weighted by atomic mass is 32.1. The first-order valence-corrected chi connectivity index (χ1v) is 12.1. The Morgan fingerprint density at radius 1 is 0.613 bits per heavy atom. The lowest BCUT2D eigenvalue weighted by molar-refractivity contribution is 0.0593. The molecule has 0 N–H and O–H groups in total. The number of hydrogen-bond donors (Lipinski definition) is 0. The minimum absolute atomic E-state index is 0.327. The first-order valence-electron chi connectivity index (χ1n) is 11.3. The number of hydrogen-bond acceptors (Lipinski definition) is 5. The Morgan fingerprint density at radius 2 is 1.03 bits per heavy atom. The molecule has 2 aliphatic rings. The highest BCUT2D eigenvalue weighted by molar-refractivity contribution is 7.18. The Labute approximate surface area is 186 Å². The van der Waals surface area contributed by atoms with E-state index in [-0.39, 0.29) is 23.6 Å². The summed E-state index contributed by atoms with van der Waals surface area (Å²) in [4.78, 5) is 55.9. The maximum absolute atomic E-state index is 13.2. The molecular formula is C24H28N2O4S. The van der Waals surface area contributed by atoms with Crippen LogP contribution in [0.4, 0.5) is 0 Å². The summed E-state index contributed by atoms with van der Waals surface area (Å²) in [5, 5.41) is 0.981. The Bertz CT molecular complexity index is 989. The lowest BCUT2D eigenvalue weighted by Crippen LogP contribution is -2.41. The molecule has 0 spiro atoms. The Balaban J connectivity index is 1.68. The van der Waals surface area contributed by atoms with Crippen molar-refractivity contribution in [1.29, 1.82) is 0 Å². The molecular weight excluding hydrogens is 412 g/mol. The van der Waals surface area contributed by atoms with Gasteiger partial charge < -0.3 is 0 Å². The number of unbranched alkanes of at least 4 members (excludes halogenated alkanes) is 6. The van der Waals surface area contributed by atoms with Crippen LogP contribution in [0.15, 0.2) is 12.1 Å². The van der Waals surface area contributed by atoms with Gasteiger partial charge in [-0.05, 0) is 25.0 Å². The van der Waals surface area contributed by atoms with Gasteiger partial charge in [-0.3, -0.25) is 29.0 Å². The molecule has 6 nitrogen and oxygen atoms in total. The fraction of sp³-hybridized carbons (Fsp3) is 0.500. The summed E-state index contributed by atoms with van der Waals surface area (Å²) in [7, 11) is 0. The lowest BCUT2D eigenvalue weighted by Gasteiger charge is -2.27. The molecule has 4 rings (SSSR count). The zero-order chi connectivity index (χ0) is 22.1. The van der Waals surface area contributed by atoms with Crippen LogP contribution in [0.3, 0.4) is 0 Å². The van der Waals surface area contributed by atoms with Crippen LogP contribution < -0.4 is 0 Å². The van der Waals surface area contributed by atoms with Gasteiger partial charge in [0, 0.05) is 35.0 Å². The van der Waals surface area contributed by atoms with Crippen molar-refractivity contribution in [1.82, 2.24) is 9.80 Å². The molecule has 31 heavy (non-hydrogen) atoms. The average molecular weight is 441 g/mol. The van der Waals surface area contributed by atoms with Crippen LogP contribution in [0.25, 0.3) is 10.8 Å². The number of carbonyl (C=O) groups is 4. The number of amides is 4. The van der Waals surface area contributed by atoms with Gasteiger partial charge in [-0.2, -0.15) is 0 Å². The van der Waals surface area contributed by atoms with Crippen molar-refractivity contribution in [3.63, 3.8) is 0 Å². The number of benzene rings is 1. The van der Waals surface area contributed by atoms with Crippen LogP contribution in [0.2, 0.25) is 0 Å². The quantitative estimate of drug-likeness (QED) is 0.373. The minimum Gasteiger partial charge on any atom is -0.274 e. The zero-order valence-electron chi connectivity index (χ0n) is 18.2. The van der Waals surface area contributed by atoms with Gasteiger partial charge in [0.25, 0.3) is 23.6 Å². The summed E-state index contributed by atoms with van der Waals surface area (Å²) in [5.74, 6) is -1.34. The van der Waals surface area contributed by atoms with Crippen molar-refractivity contribution < 1.29 is 19.2 Å². The van der Waals surface area contributed by atoms with Gasteiger partial charge in [0.15, 0.2) is 0 Å². The smallest absolute Gasteiger partial charge is 0.271 e. The highest BCUT2D eigenvalue weighted by Crippen LogP contribution is 2.43. The van der Waals surface area contributed by atoms with Crippen LogP contribution in [-0.2, 0) is 0 Å². The van der Waals surface area contributed by atoms with Crippen molar-refractivity contribution in [2.24, 2.45) is 0 Å². The largest absolute Gasteiger partial charge is 0.274 e. The fourth-order valence-corrected chi connectivity index (χ4v) is 5.68. The van der Waals surface area contributed by atoms with Gasteiger partial charge >= 0.3 is 0 Å². The van der Waals surface area contributed by atoms with Crippen molar-refractivity contribution >= 4 is 45.7 Å². The molecule has 164 valence electrons. The summed E-state index contributed by atoms with van der Waals surface area (Å²) in [6.07, 6.45) is 7.74. The summed E-state index contributed by atoms with van der Waals surface area (Å²) < 4.78 is 0. The Hall–Kier alpha value is -2.54. The van der Waals surface area contributed by atoms with E-state index in [4.69, 9.17) is 0 Å². The van der Waals surface area contributed by atoms with E-state index in [1.807, 2.05) is 0 Å². The molecule has 0 saturated carbocycles. The average Bonchev–Trinajstić information content (AvgIpc) is 3.17. The van der Waals surface area contributed by atoms with E-state index in [2.05, 4.69) is 13.8 Å². The standard InChI is InChI=1S/C24H28N2O4S/c1-3-5-7-9-13-25-21(27)15-11-12-16-18-17(15)19(23(25)29)31-20(18)24(30)26(22(16)28)14-10-8-6-4-2/h11-12H,3-10,13-14H2,1-2H3. The van der Waals surface area contributed by atoms with E-state index in [9.17, 15) is 19.2 Å². The number of carbonyl (C=O) groups excluding carboxylic acids is 4. The van der Waals surface area contributed by atoms with Crippen LogP contribution in [0.5, 0.6) is 0 Å². The Morgan fingerprint density at radius 3 is 1.42 bits per heavy atom. The minimum atomic E-state index is -0.343. The molecule has 0 saturated heterocycles. The number of nitrogens with zero attached hydrogens (tertiary/aromatic N) is 2. The third kappa shape index (κ3) is 3.59. The Kier molecular flexibility index (Phi) is 6.23. The van der Waals surface area contributed by atoms with Gasteiger partial charge in [-0.25, -0.2) is 0 Å². The molecule has 0 fully saturated rings. The molecule has 2 aliphatic heterocycles. The summed E-state index contributed by atoms with van der Waals surface area (Å²) in [6, 6.07) is 3.29. The molecule has 7 heteroatoms. The van der Waals surface area contributed by atoms with Crippen LogP contribution in [-0.4, -0.2) is 46.5 Å². The third-order valence-electron chi connectivity index (χ3n) is 6.16. The second-order valence-corrected chi connectivity index (χ2v) is 9.34. The zero-order valence-corrected chi connectivity index (χ0v) is 19.0. The molecule has 0 radical (unpaired) electrons. The molecule has 0 bridgehead atoms. The molecule has 0 atom stereocenters. The second-order valence-electron chi connectivity index (χ2n) is 8.32. The van der Waals surface area contributed by atoms with Crippen LogP contribution in [0.1, 0.15) is 105 Å². The van der Waals surface area contributed by atoms with Crippen molar-refractivity contribution in [3.05, 3.63) is 33.0 Å². The summed E-state index contributed by atoms with van der Waals surface area (Å²) >= 11 is 1.13. The normalized spacial score (nSPS) is 15.5. The van der Waals surface area contributed by atoms with E-state index in [0.29, 0.717) is 44.7 Å².